The molecule has 0 spiro atoms. The molecule has 0 unspecified atom stereocenters. The summed E-state index contributed by atoms with van der Waals surface area (Å²) in [6.07, 6.45) is 1.52. The minimum Gasteiger partial charge on any atom is -0.337 e. The van der Waals surface area contributed by atoms with Crippen molar-refractivity contribution in [2.24, 2.45) is 0 Å². The molecular formula is C16H13ClFN5O2. The summed E-state index contributed by atoms with van der Waals surface area (Å²) in [5, 5.41) is 9.25. The normalized spacial score (nSPS) is 11.8. The highest BCUT2D eigenvalue weighted by Gasteiger charge is 2.18. The fourth-order valence-electron chi connectivity index (χ4n) is 2.02. The highest BCUT2D eigenvalue weighted by Crippen LogP contribution is 2.20. The Bertz CT molecular complexity index is 884. The minimum absolute atomic E-state index is 0.182. The van der Waals surface area contributed by atoms with Crippen molar-refractivity contribution in [1.29, 1.82) is 0 Å². The minimum atomic E-state index is -0.544. The van der Waals surface area contributed by atoms with Crippen molar-refractivity contribution in [3.8, 4) is 11.4 Å². The number of pyridine rings is 1. The van der Waals surface area contributed by atoms with Gasteiger partial charge in [0.05, 0.1) is 5.69 Å². The predicted molar refractivity (Wildman–Crippen MR) is 89.5 cm³/mol. The van der Waals surface area contributed by atoms with Crippen LogP contribution in [0.2, 0.25) is 5.15 Å². The van der Waals surface area contributed by atoms with E-state index < -0.39 is 12.1 Å². The molecule has 0 saturated carbocycles. The summed E-state index contributed by atoms with van der Waals surface area (Å²) in [6.45, 7) is 1.69. The second-order valence-corrected chi connectivity index (χ2v) is 5.48. The molecule has 0 aliphatic carbocycles. The number of hydrogen-bond acceptors (Lipinski definition) is 5. The van der Waals surface area contributed by atoms with Gasteiger partial charge in [-0.15, -0.1) is 0 Å². The van der Waals surface area contributed by atoms with E-state index in [0.717, 1.165) is 0 Å². The van der Waals surface area contributed by atoms with Crippen LogP contribution in [-0.4, -0.2) is 21.2 Å². The Morgan fingerprint density at radius 1 is 1.28 bits per heavy atom. The van der Waals surface area contributed by atoms with E-state index in [-0.39, 0.29) is 16.9 Å². The topological polar surface area (TPSA) is 92.9 Å². The third-order valence-corrected chi connectivity index (χ3v) is 3.57. The van der Waals surface area contributed by atoms with Crippen LogP contribution in [0.4, 0.5) is 14.9 Å². The van der Waals surface area contributed by atoms with Gasteiger partial charge in [0.25, 0.3) is 0 Å². The van der Waals surface area contributed by atoms with E-state index in [4.69, 9.17) is 16.1 Å². The molecular weight excluding hydrogens is 349 g/mol. The lowest BCUT2D eigenvalue weighted by molar-refractivity contribution is 0.245. The zero-order chi connectivity index (χ0) is 17.8. The number of nitrogens with one attached hydrogen (secondary N) is 2. The molecule has 3 rings (SSSR count). The van der Waals surface area contributed by atoms with Crippen molar-refractivity contribution >= 4 is 23.3 Å². The van der Waals surface area contributed by atoms with E-state index in [0.29, 0.717) is 17.1 Å². The molecule has 128 valence electrons. The maximum Gasteiger partial charge on any atom is 0.319 e. The van der Waals surface area contributed by atoms with E-state index in [1.807, 2.05) is 0 Å². The first-order chi connectivity index (χ1) is 12.0. The average Bonchev–Trinajstić information content (AvgIpc) is 3.08. The average molecular weight is 362 g/mol. The summed E-state index contributed by atoms with van der Waals surface area (Å²) in [5.74, 6) is 0.166. The molecule has 0 bridgehead atoms. The van der Waals surface area contributed by atoms with Crippen molar-refractivity contribution in [3.63, 3.8) is 0 Å². The number of anilines is 1. The molecule has 3 aromatic rings. The number of benzene rings is 1. The summed E-state index contributed by atoms with van der Waals surface area (Å²) in [5.41, 5.74) is 0.988. The van der Waals surface area contributed by atoms with Crippen LogP contribution >= 0.6 is 11.6 Å². The Hall–Kier alpha value is -3.00. The number of urea groups is 1. The summed E-state index contributed by atoms with van der Waals surface area (Å²) in [7, 11) is 0. The Kier molecular flexibility index (Phi) is 4.90. The van der Waals surface area contributed by atoms with Gasteiger partial charge < -0.3 is 15.2 Å². The number of carbonyl (C=O) groups excluding carboxylic acids is 1. The van der Waals surface area contributed by atoms with Gasteiger partial charge in [0.2, 0.25) is 11.7 Å². The molecule has 0 radical (unpaired) electrons. The molecule has 2 N–H and O–H groups in total. The van der Waals surface area contributed by atoms with Crippen LogP contribution in [0.5, 0.6) is 0 Å². The first kappa shape index (κ1) is 16.8. The van der Waals surface area contributed by atoms with Crippen LogP contribution in [0.3, 0.4) is 0 Å². The van der Waals surface area contributed by atoms with Crippen molar-refractivity contribution in [3.05, 3.63) is 59.5 Å². The second-order valence-electron chi connectivity index (χ2n) is 5.13. The van der Waals surface area contributed by atoms with Crippen molar-refractivity contribution in [2.75, 3.05) is 5.32 Å². The maximum absolute atomic E-state index is 13.0. The molecule has 2 amide bonds. The maximum atomic E-state index is 13.0. The van der Waals surface area contributed by atoms with Crippen LogP contribution in [0.25, 0.3) is 11.4 Å². The fourth-order valence-corrected chi connectivity index (χ4v) is 2.19. The summed E-state index contributed by atoms with van der Waals surface area (Å²) >= 11 is 5.88. The van der Waals surface area contributed by atoms with Crippen LogP contribution in [0.15, 0.2) is 47.1 Å². The lowest BCUT2D eigenvalue weighted by Crippen LogP contribution is -2.31. The van der Waals surface area contributed by atoms with E-state index >= 15 is 0 Å². The zero-order valence-electron chi connectivity index (χ0n) is 13.0. The number of rotatable bonds is 4. The molecule has 2 heterocycles. The molecule has 7 nitrogen and oxygen atoms in total. The number of halogens is 2. The number of amides is 2. The largest absolute Gasteiger partial charge is 0.337 e. The van der Waals surface area contributed by atoms with E-state index in [1.165, 1.54) is 18.3 Å². The standard InChI is InChI=1S/C16H13ClFN5O2/c1-9(20-16(24)21-12-3-2-8-19-13(12)17)15-22-14(23-25-15)10-4-6-11(18)7-5-10/h2-9H,1H3,(H2,20,21,24)/t9-/m1/s1. The first-order valence-corrected chi connectivity index (χ1v) is 7.68. The van der Waals surface area contributed by atoms with Gasteiger partial charge in [-0.05, 0) is 43.3 Å². The third kappa shape index (κ3) is 4.10. The van der Waals surface area contributed by atoms with Crippen molar-refractivity contribution in [1.82, 2.24) is 20.4 Å². The highest BCUT2D eigenvalue weighted by molar-refractivity contribution is 6.32. The second kappa shape index (κ2) is 7.27. The number of carbonyl (C=O) groups is 1. The van der Waals surface area contributed by atoms with E-state index in [2.05, 4.69) is 25.8 Å². The molecule has 0 fully saturated rings. The molecule has 1 aromatic carbocycles. The first-order valence-electron chi connectivity index (χ1n) is 7.30. The molecule has 9 heteroatoms. The zero-order valence-corrected chi connectivity index (χ0v) is 13.8. The Morgan fingerprint density at radius 2 is 2.04 bits per heavy atom. The lowest BCUT2D eigenvalue weighted by Gasteiger charge is -2.11. The number of nitrogens with zero attached hydrogens (tertiary/aromatic N) is 3. The van der Waals surface area contributed by atoms with Crippen LogP contribution in [0, 0.1) is 5.82 Å². The Balaban J connectivity index is 1.65. The quantitative estimate of drug-likeness (QED) is 0.689. The molecule has 0 saturated heterocycles. The van der Waals surface area contributed by atoms with Crippen LogP contribution < -0.4 is 10.6 Å². The Labute approximate surface area is 147 Å². The molecule has 0 aliphatic rings. The highest BCUT2D eigenvalue weighted by atomic mass is 35.5. The van der Waals surface area contributed by atoms with Gasteiger partial charge in [-0.1, -0.05) is 16.8 Å². The van der Waals surface area contributed by atoms with Gasteiger partial charge in [0.15, 0.2) is 5.15 Å². The van der Waals surface area contributed by atoms with Gasteiger partial charge in [0.1, 0.15) is 11.9 Å². The van der Waals surface area contributed by atoms with Crippen molar-refractivity contribution < 1.29 is 13.7 Å². The van der Waals surface area contributed by atoms with Gasteiger partial charge in [-0.3, -0.25) is 0 Å². The SMILES string of the molecule is C[C@@H](NC(=O)Nc1cccnc1Cl)c1nc(-c2ccc(F)cc2)no1. The molecule has 25 heavy (non-hydrogen) atoms. The summed E-state index contributed by atoms with van der Waals surface area (Å²) in [6, 6.07) is 7.92. The molecule has 0 aliphatic heterocycles. The molecule has 1 atom stereocenters. The van der Waals surface area contributed by atoms with Gasteiger partial charge >= 0.3 is 6.03 Å². The monoisotopic (exact) mass is 361 g/mol. The fraction of sp³-hybridized carbons (Fsp3) is 0.125. The van der Waals surface area contributed by atoms with Crippen LogP contribution in [0.1, 0.15) is 18.9 Å². The van der Waals surface area contributed by atoms with Gasteiger partial charge in [-0.25, -0.2) is 14.2 Å². The summed E-state index contributed by atoms with van der Waals surface area (Å²) in [4.78, 5) is 20.1. The smallest absolute Gasteiger partial charge is 0.319 e. The third-order valence-electron chi connectivity index (χ3n) is 3.27. The predicted octanol–water partition coefficient (Wildman–Crippen LogP) is 3.81. The van der Waals surface area contributed by atoms with Crippen LogP contribution in [-0.2, 0) is 0 Å². The lowest BCUT2D eigenvalue weighted by atomic mass is 10.2. The van der Waals surface area contributed by atoms with E-state index in [9.17, 15) is 9.18 Å². The van der Waals surface area contributed by atoms with Gasteiger partial charge in [-0.2, -0.15) is 4.98 Å². The van der Waals surface area contributed by atoms with E-state index in [1.54, 1.807) is 31.2 Å². The number of hydrogen-bond donors (Lipinski definition) is 2. The molecule has 2 aromatic heterocycles. The summed E-state index contributed by atoms with van der Waals surface area (Å²) < 4.78 is 18.1. The number of aromatic nitrogens is 3. The van der Waals surface area contributed by atoms with Gasteiger partial charge in [0, 0.05) is 11.8 Å². The van der Waals surface area contributed by atoms with Crippen molar-refractivity contribution in [2.45, 2.75) is 13.0 Å². The Morgan fingerprint density at radius 3 is 2.76 bits per heavy atom.